The normalized spacial score (nSPS) is 26.7. The summed E-state index contributed by atoms with van der Waals surface area (Å²) in [6.45, 7) is 2.05. The van der Waals surface area contributed by atoms with Gasteiger partial charge in [-0.05, 0) is 50.3 Å². The maximum absolute atomic E-state index is 13.9. The molecule has 4 heterocycles. The lowest BCUT2D eigenvalue weighted by Crippen LogP contribution is -2.52. The highest BCUT2D eigenvalue weighted by Crippen LogP contribution is 2.41. The molecule has 2 aromatic heterocycles. The quantitative estimate of drug-likeness (QED) is 0.762. The molecule has 0 bridgehead atoms. The molecular formula is C22H27FN6O2. The molecule has 1 amide bonds. The van der Waals surface area contributed by atoms with Crippen molar-refractivity contribution in [2.75, 3.05) is 18.6 Å². The zero-order chi connectivity index (χ0) is 21.8. The van der Waals surface area contributed by atoms with Gasteiger partial charge in [-0.2, -0.15) is 5.10 Å². The minimum atomic E-state index is -0.372. The second kappa shape index (κ2) is 7.42. The topological polar surface area (TPSA) is 86.5 Å². The van der Waals surface area contributed by atoms with Crippen molar-refractivity contribution in [1.29, 1.82) is 0 Å². The number of rotatable bonds is 5. The Balaban J connectivity index is 1.47. The van der Waals surface area contributed by atoms with Crippen molar-refractivity contribution >= 4 is 17.9 Å². The van der Waals surface area contributed by atoms with Crippen molar-refractivity contribution < 1.29 is 14.3 Å². The first-order chi connectivity index (χ1) is 14.9. The predicted molar refractivity (Wildman–Crippen MR) is 114 cm³/mol. The second-order valence-electron chi connectivity index (χ2n) is 9.02. The van der Waals surface area contributed by atoms with E-state index >= 15 is 0 Å². The average molecular weight is 426 g/mol. The van der Waals surface area contributed by atoms with Crippen molar-refractivity contribution in [3.05, 3.63) is 47.7 Å². The summed E-state index contributed by atoms with van der Waals surface area (Å²) in [6, 6.07) is 1.34. The molecule has 1 aliphatic carbocycles. The van der Waals surface area contributed by atoms with Gasteiger partial charge >= 0.3 is 0 Å². The van der Waals surface area contributed by atoms with Crippen LogP contribution in [0.1, 0.15) is 54.6 Å². The fraction of sp³-hybridized carbons (Fsp3) is 0.500. The summed E-state index contributed by atoms with van der Waals surface area (Å²) in [5.41, 5.74) is 1.19. The monoisotopic (exact) mass is 426 g/mol. The first-order valence-corrected chi connectivity index (χ1v) is 10.7. The van der Waals surface area contributed by atoms with Crippen LogP contribution in [0.3, 0.4) is 0 Å². The van der Waals surface area contributed by atoms with Crippen LogP contribution in [0.5, 0.6) is 0 Å². The van der Waals surface area contributed by atoms with E-state index in [0.717, 1.165) is 31.2 Å². The molecule has 2 aliphatic heterocycles. The number of amides is 1. The molecule has 1 unspecified atom stereocenters. The smallest absolute Gasteiger partial charge is 0.257 e. The Morgan fingerprint density at radius 1 is 1.32 bits per heavy atom. The van der Waals surface area contributed by atoms with Crippen LogP contribution in [0.15, 0.2) is 30.7 Å². The molecule has 0 aromatic carbocycles. The van der Waals surface area contributed by atoms with Crippen LogP contribution in [0.2, 0.25) is 0 Å². The number of carbonyl (C=O) groups excluding carboxylic acids is 1. The summed E-state index contributed by atoms with van der Waals surface area (Å²) in [5.74, 6) is 0.199. The van der Waals surface area contributed by atoms with Gasteiger partial charge in [0.1, 0.15) is 23.4 Å². The number of likely N-dealkylation sites (N-methyl/N-ethyl adjacent to an activating group) is 1. The Morgan fingerprint density at radius 3 is 2.84 bits per heavy atom. The molecule has 3 atom stereocenters. The zero-order valence-corrected chi connectivity index (χ0v) is 17.7. The molecular weight excluding hydrogens is 399 g/mol. The van der Waals surface area contributed by atoms with Crippen molar-refractivity contribution in [3.63, 3.8) is 0 Å². The third kappa shape index (κ3) is 3.51. The van der Waals surface area contributed by atoms with Gasteiger partial charge in [0.25, 0.3) is 5.91 Å². The van der Waals surface area contributed by atoms with Gasteiger partial charge < -0.3 is 15.3 Å². The average Bonchev–Trinajstić information content (AvgIpc) is 3.17. The van der Waals surface area contributed by atoms with Gasteiger partial charge in [0, 0.05) is 37.1 Å². The number of aliphatic hydroxyl groups excluding tert-OH is 1. The fourth-order valence-electron chi connectivity index (χ4n) is 4.78. The van der Waals surface area contributed by atoms with Crippen LogP contribution >= 0.6 is 0 Å². The van der Waals surface area contributed by atoms with E-state index in [1.165, 1.54) is 12.3 Å². The van der Waals surface area contributed by atoms with Gasteiger partial charge in [-0.3, -0.25) is 14.7 Å². The summed E-state index contributed by atoms with van der Waals surface area (Å²) < 4.78 is 15.6. The van der Waals surface area contributed by atoms with E-state index in [-0.39, 0.29) is 42.1 Å². The summed E-state index contributed by atoms with van der Waals surface area (Å²) in [5, 5.41) is 17.5. The molecule has 0 radical (unpaired) electrons. The number of hydrogen-bond donors (Lipinski definition) is 2. The van der Waals surface area contributed by atoms with E-state index in [2.05, 4.69) is 20.3 Å². The molecule has 3 aliphatic rings. The number of nitrogens with one attached hydrogen (secondary N) is 1. The highest BCUT2D eigenvalue weighted by atomic mass is 19.1. The third-order valence-electron chi connectivity index (χ3n) is 6.74. The summed E-state index contributed by atoms with van der Waals surface area (Å²) in [7, 11) is 1.92. The van der Waals surface area contributed by atoms with Crippen molar-refractivity contribution in [3.8, 4) is 0 Å². The van der Waals surface area contributed by atoms with Crippen LogP contribution in [-0.2, 0) is 0 Å². The zero-order valence-electron chi connectivity index (χ0n) is 17.7. The lowest BCUT2D eigenvalue weighted by molar-refractivity contribution is 0.0931. The number of carbonyl (C=O) groups is 1. The molecule has 31 heavy (non-hydrogen) atoms. The summed E-state index contributed by atoms with van der Waals surface area (Å²) >= 11 is 0. The SMILES string of the molecule is CN1c2c(C(=O)NC3(C)CC3)cnn2C=CC1N1[C@H](CO)CC[C@@H]1c1cncc(F)c1. The van der Waals surface area contributed by atoms with E-state index in [1.54, 1.807) is 17.1 Å². The lowest BCUT2D eigenvalue weighted by atomic mass is 10.1. The second-order valence-corrected chi connectivity index (χ2v) is 9.02. The number of nitrogens with zero attached hydrogens (tertiary/aromatic N) is 5. The highest BCUT2D eigenvalue weighted by molar-refractivity contribution is 6.00. The Morgan fingerprint density at radius 2 is 2.13 bits per heavy atom. The van der Waals surface area contributed by atoms with Gasteiger partial charge in [-0.25, -0.2) is 9.07 Å². The minimum Gasteiger partial charge on any atom is -0.395 e. The van der Waals surface area contributed by atoms with Gasteiger partial charge in [0.15, 0.2) is 0 Å². The maximum atomic E-state index is 13.9. The van der Waals surface area contributed by atoms with Crippen molar-refractivity contribution in [1.82, 2.24) is 25.0 Å². The predicted octanol–water partition coefficient (Wildman–Crippen LogP) is 2.14. The number of anilines is 1. The summed E-state index contributed by atoms with van der Waals surface area (Å²) in [4.78, 5) is 21.1. The van der Waals surface area contributed by atoms with Crippen molar-refractivity contribution in [2.24, 2.45) is 0 Å². The molecule has 1 saturated heterocycles. The van der Waals surface area contributed by atoms with Crippen molar-refractivity contribution in [2.45, 2.75) is 56.4 Å². The van der Waals surface area contributed by atoms with Gasteiger partial charge in [0.2, 0.25) is 0 Å². The third-order valence-corrected chi connectivity index (χ3v) is 6.74. The summed E-state index contributed by atoms with van der Waals surface area (Å²) in [6.07, 6.45) is 11.7. The molecule has 9 heteroatoms. The number of aromatic nitrogens is 3. The van der Waals surface area contributed by atoms with Crippen LogP contribution in [-0.4, -0.2) is 62.1 Å². The van der Waals surface area contributed by atoms with E-state index < -0.39 is 0 Å². The molecule has 8 nitrogen and oxygen atoms in total. The lowest BCUT2D eigenvalue weighted by Gasteiger charge is -2.42. The number of pyridine rings is 1. The first kappa shape index (κ1) is 20.1. The Hall–Kier alpha value is -2.78. The number of aliphatic hydroxyl groups is 1. The standard InChI is InChI=1S/C22H27FN6O2/c1-22(6-7-22)26-20(31)17-12-25-28-8-5-19(27(2)21(17)28)29-16(13-30)3-4-18(29)14-9-15(23)11-24-10-14/h5,8-12,16,18-19,30H,3-4,6-7,13H2,1-2H3,(H,26,31)/t16-,18+,19?/m0/s1. The number of fused-ring (bicyclic) bond motifs is 1. The molecule has 2 aromatic rings. The number of halogens is 1. The fourth-order valence-corrected chi connectivity index (χ4v) is 4.78. The van der Waals surface area contributed by atoms with E-state index in [1.807, 2.05) is 31.1 Å². The van der Waals surface area contributed by atoms with Crippen LogP contribution in [0.4, 0.5) is 10.2 Å². The van der Waals surface area contributed by atoms with E-state index in [4.69, 9.17) is 0 Å². The molecule has 0 spiro atoms. The Kier molecular flexibility index (Phi) is 4.82. The van der Waals surface area contributed by atoms with Gasteiger partial charge in [0.05, 0.1) is 19.0 Å². The van der Waals surface area contributed by atoms with Crippen LogP contribution in [0, 0.1) is 5.82 Å². The van der Waals surface area contributed by atoms with E-state index in [9.17, 15) is 14.3 Å². The minimum absolute atomic E-state index is 0.00237. The highest BCUT2D eigenvalue weighted by Gasteiger charge is 2.43. The molecule has 164 valence electrons. The molecule has 2 fully saturated rings. The number of likely N-dealkylation sites (tertiary alicyclic amines) is 1. The maximum Gasteiger partial charge on any atom is 0.257 e. The number of hydrogen-bond acceptors (Lipinski definition) is 6. The first-order valence-electron chi connectivity index (χ1n) is 10.7. The Bertz CT molecular complexity index is 1030. The Labute approximate surface area is 180 Å². The van der Waals surface area contributed by atoms with Gasteiger partial charge in [-0.15, -0.1) is 0 Å². The molecule has 1 saturated carbocycles. The largest absolute Gasteiger partial charge is 0.395 e. The van der Waals surface area contributed by atoms with Crippen LogP contribution in [0.25, 0.3) is 6.20 Å². The van der Waals surface area contributed by atoms with Crippen LogP contribution < -0.4 is 10.2 Å². The molecule has 5 rings (SSSR count). The van der Waals surface area contributed by atoms with Gasteiger partial charge in [-0.1, -0.05) is 0 Å². The van der Waals surface area contributed by atoms with E-state index in [0.29, 0.717) is 11.4 Å². The molecule has 2 N–H and O–H groups in total.